The molecular formula is C25H23N3O2. The van der Waals surface area contributed by atoms with Crippen LogP contribution in [0.1, 0.15) is 27.0 Å². The highest BCUT2D eigenvalue weighted by Crippen LogP contribution is 2.33. The Morgan fingerprint density at radius 2 is 1.90 bits per heavy atom. The highest BCUT2D eigenvalue weighted by atomic mass is 16.4. The summed E-state index contributed by atoms with van der Waals surface area (Å²) in [5.41, 5.74) is 9.59. The number of aryl methyl sites for hydroxylation is 1. The number of aromatic amines is 1. The molecule has 5 heteroatoms. The second-order valence-corrected chi connectivity index (χ2v) is 8.12. The van der Waals surface area contributed by atoms with Crippen molar-refractivity contribution in [2.45, 2.75) is 19.9 Å². The molecule has 0 radical (unpaired) electrons. The van der Waals surface area contributed by atoms with Gasteiger partial charge < -0.3 is 15.0 Å². The standard InChI is InChI=1S/C25H23N3O2/c1-15-9-18(10-20-14-28(2)8-7-21(15)20)19-11-22-23(13-27-24(22)26-12-19)16-3-5-17(6-4-16)25(29)30/h3-6,9-13H,7-8,14H2,1-2H3,(H,26,27)(H,29,30). The first-order valence-electron chi connectivity index (χ1n) is 10.1. The summed E-state index contributed by atoms with van der Waals surface area (Å²) in [6, 6.07) is 13.7. The van der Waals surface area contributed by atoms with Crippen molar-refractivity contribution in [3.63, 3.8) is 0 Å². The monoisotopic (exact) mass is 397 g/mol. The maximum atomic E-state index is 11.1. The van der Waals surface area contributed by atoms with E-state index < -0.39 is 5.97 Å². The zero-order chi connectivity index (χ0) is 20.8. The minimum atomic E-state index is -0.919. The molecule has 5 nitrogen and oxygen atoms in total. The van der Waals surface area contributed by atoms with Gasteiger partial charge in [0.05, 0.1) is 5.56 Å². The molecule has 30 heavy (non-hydrogen) atoms. The van der Waals surface area contributed by atoms with Crippen LogP contribution in [0, 0.1) is 6.92 Å². The van der Waals surface area contributed by atoms with Gasteiger partial charge in [0.1, 0.15) is 5.65 Å². The van der Waals surface area contributed by atoms with Crippen molar-refractivity contribution in [2.75, 3.05) is 13.6 Å². The number of pyridine rings is 1. The van der Waals surface area contributed by atoms with Crippen LogP contribution in [0.25, 0.3) is 33.3 Å². The number of likely N-dealkylation sites (N-methyl/N-ethyl adjacent to an activating group) is 1. The molecule has 5 rings (SSSR count). The molecule has 0 spiro atoms. The molecule has 1 aliphatic heterocycles. The highest BCUT2D eigenvalue weighted by molar-refractivity contribution is 5.96. The van der Waals surface area contributed by atoms with Crippen LogP contribution < -0.4 is 0 Å². The van der Waals surface area contributed by atoms with Crippen molar-refractivity contribution in [3.8, 4) is 22.3 Å². The number of carboxylic acids is 1. The van der Waals surface area contributed by atoms with E-state index in [1.807, 2.05) is 24.5 Å². The van der Waals surface area contributed by atoms with Crippen molar-refractivity contribution < 1.29 is 9.90 Å². The van der Waals surface area contributed by atoms with E-state index in [1.54, 1.807) is 12.1 Å². The number of fused-ring (bicyclic) bond motifs is 2. The Bertz CT molecular complexity index is 1270. The van der Waals surface area contributed by atoms with Gasteiger partial charge in [0.2, 0.25) is 0 Å². The first kappa shape index (κ1) is 18.6. The Morgan fingerprint density at radius 3 is 2.67 bits per heavy atom. The molecule has 0 amide bonds. The smallest absolute Gasteiger partial charge is 0.335 e. The summed E-state index contributed by atoms with van der Waals surface area (Å²) in [5.74, 6) is -0.919. The molecule has 0 saturated heterocycles. The lowest BCUT2D eigenvalue weighted by Crippen LogP contribution is -2.27. The van der Waals surface area contributed by atoms with Crippen molar-refractivity contribution in [1.29, 1.82) is 0 Å². The third kappa shape index (κ3) is 3.17. The van der Waals surface area contributed by atoms with Crippen LogP contribution in [0.3, 0.4) is 0 Å². The predicted molar refractivity (Wildman–Crippen MR) is 119 cm³/mol. The normalized spacial score (nSPS) is 14.1. The number of nitrogens with one attached hydrogen (secondary N) is 1. The topological polar surface area (TPSA) is 69.2 Å². The molecule has 0 unspecified atom stereocenters. The molecular weight excluding hydrogens is 374 g/mol. The van der Waals surface area contributed by atoms with E-state index >= 15 is 0 Å². The maximum Gasteiger partial charge on any atom is 0.335 e. The Hall–Kier alpha value is -3.44. The van der Waals surface area contributed by atoms with Gasteiger partial charge in [0.15, 0.2) is 0 Å². The van der Waals surface area contributed by atoms with E-state index in [4.69, 9.17) is 5.11 Å². The van der Waals surface area contributed by atoms with Gasteiger partial charge in [-0.15, -0.1) is 0 Å². The van der Waals surface area contributed by atoms with Crippen molar-refractivity contribution in [3.05, 3.63) is 77.1 Å². The molecule has 4 aromatic rings. The van der Waals surface area contributed by atoms with Gasteiger partial charge in [-0.25, -0.2) is 9.78 Å². The van der Waals surface area contributed by atoms with Crippen LogP contribution in [-0.2, 0) is 13.0 Å². The van der Waals surface area contributed by atoms with Gasteiger partial charge in [-0.05, 0) is 72.5 Å². The molecule has 0 atom stereocenters. The van der Waals surface area contributed by atoms with E-state index in [2.05, 4.69) is 47.0 Å². The number of H-pyrrole nitrogens is 1. The molecule has 2 aromatic carbocycles. The van der Waals surface area contributed by atoms with E-state index in [0.717, 1.165) is 47.2 Å². The third-order valence-corrected chi connectivity index (χ3v) is 6.06. The summed E-state index contributed by atoms with van der Waals surface area (Å²) in [4.78, 5) is 21.4. The fourth-order valence-electron chi connectivity index (χ4n) is 4.42. The first-order valence-corrected chi connectivity index (χ1v) is 10.1. The lowest BCUT2D eigenvalue weighted by Gasteiger charge is -2.27. The van der Waals surface area contributed by atoms with Crippen LogP contribution in [0.2, 0.25) is 0 Å². The maximum absolute atomic E-state index is 11.1. The van der Waals surface area contributed by atoms with Crippen LogP contribution in [0.15, 0.2) is 54.9 Å². The Morgan fingerprint density at radius 1 is 1.10 bits per heavy atom. The van der Waals surface area contributed by atoms with Gasteiger partial charge in [-0.1, -0.05) is 18.2 Å². The number of aromatic carboxylic acids is 1. The Labute approximate surface area is 175 Å². The van der Waals surface area contributed by atoms with Gasteiger partial charge >= 0.3 is 5.97 Å². The lowest BCUT2D eigenvalue weighted by molar-refractivity contribution is 0.0697. The van der Waals surface area contributed by atoms with Gasteiger partial charge in [-0.3, -0.25) is 0 Å². The summed E-state index contributed by atoms with van der Waals surface area (Å²) >= 11 is 0. The number of hydrogen-bond acceptors (Lipinski definition) is 3. The minimum Gasteiger partial charge on any atom is -0.478 e. The van der Waals surface area contributed by atoms with E-state index in [0.29, 0.717) is 0 Å². The van der Waals surface area contributed by atoms with Crippen molar-refractivity contribution >= 4 is 17.0 Å². The molecule has 0 saturated carbocycles. The SMILES string of the molecule is Cc1cc(-c2cnc3[nH]cc(-c4ccc(C(=O)O)cc4)c3c2)cc2c1CCN(C)C2. The molecule has 3 heterocycles. The molecule has 0 bridgehead atoms. The number of benzene rings is 2. The molecule has 150 valence electrons. The Balaban J connectivity index is 1.59. The summed E-state index contributed by atoms with van der Waals surface area (Å²) in [5, 5.41) is 10.2. The van der Waals surface area contributed by atoms with E-state index in [-0.39, 0.29) is 5.56 Å². The quantitative estimate of drug-likeness (QED) is 0.516. The number of rotatable bonds is 3. The molecule has 0 fully saturated rings. The molecule has 1 aliphatic rings. The average molecular weight is 397 g/mol. The zero-order valence-corrected chi connectivity index (χ0v) is 17.1. The largest absolute Gasteiger partial charge is 0.478 e. The van der Waals surface area contributed by atoms with Crippen LogP contribution >= 0.6 is 0 Å². The summed E-state index contributed by atoms with van der Waals surface area (Å²) in [6.07, 6.45) is 4.96. The molecule has 0 aliphatic carbocycles. The van der Waals surface area contributed by atoms with Gasteiger partial charge in [-0.2, -0.15) is 0 Å². The lowest BCUT2D eigenvalue weighted by atomic mass is 9.91. The van der Waals surface area contributed by atoms with E-state index in [9.17, 15) is 4.79 Å². The third-order valence-electron chi connectivity index (χ3n) is 6.06. The van der Waals surface area contributed by atoms with E-state index in [1.165, 1.54) is 22.3 Å². The summed E-state index contributed by atoms with van der Waals surface area (Å²) in [6.45, 7) is 4.28. The fraction of sp³-hybridized carbons (Fsp3) is 0.200. The van der Waals surface area contributed by atoms with Crippen molar-refractivity contribution in [2.24, 2.45) is 0 Å². The first-order chi connectivity index (χ1) is 14.5. The second kappa shape index (κ2) is 7.11. The predicted octanol–water partition coefficient (Wildman–Crippen LogP) is 4.89. The number of nitrogens with zero attached hydrogens (tertiary/aromatic N) is 2. The van der Waals surface area contributed by atoms with Crippen LogP contribution in [-0.4, -0.2) is 39.5 Å². The van der Waals surface area contributed by atoms with Gasteiger partial charge in [0.25, 0.3) is 0 Å². The number of carbonyl (C=O) groups is 1. The minimum absolute atomic E-state index is 0.284. The van der Waals surface area contributed by atoms with Crippen LogP contribution in [0.5, 0.6) is 0 Å². The number of aromatic nitrogens is 2. The Kier molecular flexibility index (Phi) is 4.40. The zero-order valence-electron chi connectivity index (χ0n) is 17.1. The summed E-state index contributed by atoms with van der Waals surface area (Å²) < 4.78 is 0. The highest BCUT2D eigenvalue weighted by Gasteiger charge is 2.17. The number of carboxylic acid groups (broad SMARTS) is 1. The molecule has 2 N–H and O–H groups in total. The average Bonchev–Trinajstić information content (AvgIpc) is 3.16. The second-order valence-electron chi connectivity index (χ2n) is 8.12. The van der Waals surface area contributed by atoms with Gasteiger partial charge in [0, 0.05) is 42.0 Å². The fourth-order valence-corrected chi connectivity index (χ4v) is 4.42. The number of hydrogen-bond donors (Lipinski definition) is 2. The van der Waals surface area contributed by atoms with Crippen molar-refractivity contribution in [1.82, 2.24) is 14.9 Å². The summed E-state index contributed by atoms with van der Waals surface area (Å²) in [7, 11) is 2.17. The van der Waals surface area contributed by atoms with Crippen LogP contribution in [0.4, 0.5) is 0 Å². The molecule has 2 aromatic heterocycles.